The second-order valence-electron chi connectivity index (χ2n) is 9.53. The molecule has 226 valence electrons. The van der Waals surface area contributed by atoms with Gasteiger partial charge in [-0.25, -0.2) is 0 Å². The average Bonchev–Trinajstić information content (AvgIpc) is 3.39. The zero-order chi connectivity index (χ0) is 31.1. The van der Waals surface area contributed by atoms with Crippen LogP contribution < -0.4 is 5.32 Å². The molecule has 4 rings (SSSR count). The summed E-state index contributed by atoms with van der Waals surface area (Å²) >= 11 is -0.675. The van der Waals surface area contributed by atoms with E-state index >= 15 is 0 Å². The molecule has 0 radical (unpaired) electrons. The summed E-state index contributed by atoms with van der Waals surface area (Å²) in [5.74, 6) is -2.97. The summed E-state index contributed by atoms with van der Waals surface area (Å²) in [5, 5.41) is 3.16. The van der Waals surface area contributed by atoms with Gasteiger partial charge in [0, 0.05) is 0 Å². The molecule has 43 heavy (non-hydrogen) atoms. The summed E-state index contributed by atoms with van der Waals surface area (Å²) in [7, 11) is 0. The number of hydrogen-bond donors (Lipinski definition) is 1. The van der Waals surface area contributed by atoms with Crippen LogP contribution in [-0.4, -0.2) is 86.4 Å². The van der Waals surface area contributed by atoms with Crippen LogP contribution in [0.2, 0.25) is 0 Å². The Kier molecular flexibility index (Phi) is 10.5. The van der Waals surface area contributed by atoms with Gasteiger partial charge in [-0.2, -0.15) is 0 Å². The molecule has 1 aliphatic heterocycles. The first-order valence-corrected chi connectivity index (χ1v) is 15.0. The summed E-state index contributed by atoms with van der Waals surface area (Å²) in [4.78, 5) is 66.4. The van der Waals surface area contributed by atoms with Crippen molar-refractivity contribution < 1.29 is 47.7 Å². The molecule has 3 aromatic rings. The number of ether oxygens (including phenoxy) is 5. The predicted octanol–water partition coefficient (Wildman–Crippen LogP) is 2.53. The monoisotopic (exact) mass is 658 g/mol. The van der Waals surface area contributed by atoms with Crippen molar-refractivity contribution in [3.63, 3.8) is 0 Å². The van der Waals surface area contributed by atoms with E-state index in [1.54, 1.807) is 24.3 Å². The van der Waals surface area contributed by atoms with Gasteiger partial charge < -0.3 is 0 Å². The summed E-state index contributed by atoms with van der Waals surface area (Å²) in [6, 6.07) is 16.8. The van der Waals surface area contributed by atoms with Crippen LogP contribution in [0, 0.1) is 0 Å². The number of carbonyl (C=O) groups excluding carboxylic acids is 5. The molecule has 0 amide bonds. The average molecular weight is 658 g/mol. The van der Waals surface area contributed by atoms with E-state index < -0.39 is 69.0 Å². The number of benzene rings is 2. The summed E-state index contributed by atoms with van der Waals surface area (Å²) in [6.45, 7) is 4.31. The Morgan fingerprint density at radius 1 is 0.791 bits per heavy atom. The summed E-state index contributed by atoms with van der Waals surface area (Å²) in [5.41, 5.74) is 1.67. The van der Waals surface area contributed by atoms with Crippen molar-refractivity contribution in [2.75, 3.05) is 11.9 Å². The fraction of sp³-hybridized carbons (Fsp3) is 0.333. The van der Waals surface area contributed by atoms with Crippen LogP contribution >= 0.6 is 0 Å². The minimum absolute atomic E-state index is 0.202. The van der Waals surface area contributed by atoms with Crippen molar-refractivity contribution in [1.29, 1.82) is 0 Å². The molecule has 5 atom stereocenters. The quantitative estimate of drug-likeness (QED) is 0.147. The molecule has 0 bridgehead atoms. The van der Waals surface area contributed by atoms with Crippen molar-refractivity contribution in [1.82, 2.24) is 4.98 Å². The van der Waals surface area contributed by atoms with E-state index in [0.717, 1.165) is 6.92 Å². The zero-order valence-electron chi connectivity index (χ0n) is 23.8. The second kappa shape index (κ2) is 14.2. The molecule has 1 aliphatic rings. The molecule has 2 heterocycles. The number of aromatic nitrogens is 1. The van der Waals surface area contributed by atoms with Gasteiger partial charge >= 0.3 is 254 Å². The van der Waals surface area contributed by atoms with Gasteiger partial charge in [-0.15, -0.1) is 0 Å². The summed E-state index contributed by atoms with van der Waals surface area (Å²) in [6.07, 6.45) is -5.07. The zero-order valence-corrected chi connectivity index (χ0v) is 25.5. The number of esters is 4. The molecular weight excluding hydrogens is 627 g/mol. The van der Waals surface area contributed by atoms with Crippen LogP contribution in [0.4, 0.5) is 4.69 Å². The Morgan fingerprint density at radius 2 is 1.37 bits per heavy atom. The van der Waals surface area contributed by atoms with E-state index in [9.17, 15) is 24.0 Å². The third-order valence-electron chi connectivity index (χ3n) is 6.19. The Balaban J connectivity index is 1.78. The van der Waals surface area contributed by atoms with E-state index in [4.69, 9.17) is 28.7 Å². The molecule has 12 nitrogen and oxygen atoms in total. The molecular formula is C30H30N2O10Se. The van der Waals surface area contributed by atoms with Crippen LogP contribution in [0.1, 0.15) is 42.5 Å². The number of anilines is 1. The molecule has 1 fully saturated rings. The molecule has 1 aromatic heterocycles. The molecule has 0 aliphatic carbocycles. The van der Waals surface area contributed by atoms with E-state index in [1.807, 2.05) is 36.4 Å². The van der Waals surface area contributed by atoms with Crippen molar-refractivity contribution in [3.8, 4) is 11.3 Å². The molecule has 2 aromatic carbocycles. The first-order chi connectivity index (χ1) is 20.5. The van der Waals surface area contributed by atoms with Crippen LogP contribution in [0.3, 0.4) is 0 Å². The molecule has 13 heteroatoms. The van der Waals surface area contributed by atoms with Gasteiger partial charge in [-0.3, -0.25) is 0 Å². The Morgan fingerprint density at radius 3 is 1.95 bits per heavy atom. The van der Waals surface area contributed by atoms with Gasteiger partial charge in [-0.1, -0.05) is 0 Å². The third-order valence-corrected chi connectivity index (χ3v) is 8.26. The van der Waals surface area contributed by atoms with Crippen molar-refractivity contribution in [2.24, 2.45) is 0 Å². The van der Waals surface area contributed by atoms with Crippen LogP contribution in [0.15, 0.2) is 60.7 Å². The first kappa shape index (κ1) is 31.6. The van der Waals surface area contributed by atoms with Gasteiger partial charge in [-0.05, 0) is 0 Å². The Hall–Kier alpha value is -4.32. The van der Waals surface area contributed by atoms with Gasteiger partial charge in [0.1, 0.15) is 0 Å². The Bertz CT molecular complexity index is 1480. The third kappa shape index (κ3) is 8.16. The van der Waals surface area contributed by atoms with Crippen LogP contribution in [-0.2, 0) is 42.9 Å². The SMILES string of the molecule is CC(=O)OC[C@H]1O[C@@H](OC(C)=O)[C@H](Nc2nc(-c3ccccc3)c(C(=O)c3ccccc3)[se]2)[C@@H](OC(C)=O)[C@@H]1OC(C)=O. The first-order valence-electron chi connectivity index (χ1n) is 13.3. The molecule has 1 saturated heterocycles. The van der Waals surface area contributed by atoms with Gasteiger partial charge in [0.15, 0.2) is 0 Å². The topological polar surface area (TPSA) is 156 Å². The molecule has 0 unspecified atom stereocenters. The predicted molar refractivity (Wildman–Crippen MR) is 152 cm³/mol. The van der Waals surface area contributed by atoms with Crippen LogP contribution in [0.5, 0.6) is 0 Å². The number of hydrogen-bond acceptors (Lipinski definition) is 12. The normalized spacial score (nSPS) is 21.3. The number of ketones is 1. The van der Waals surface area contributed by atoms with Gasteiger partial charge in [0.05, 0.1) is 0 Å². The summed E-state index contributed by atoms with van der Waals surface area (Å²) < 4.78 is 28.4. The number of nitrogens with one attached hydrogen (secondary N) is 1. The minimum atomic E-state index is -1.39. The van der Waals surface area contributed by atoms with Crippen molar-refractivity contribution >= 4 is 48.9 Å². The van der Waals surface area contributed by atoms with E-state index in [1.165, 1.54) is 20.8 Å². The van der Waals surface area contributed by atoms with E-state index in [-0.39, 0.29) is 12.4 Å². The van der Waals surface area contributed by atoms with Crippen molar-refractivity contribution in [2.45, 2.75) is 58.3 Å². The van der Waals surface area contributed by atoms with Crippen LogP contribution in [0.25, 0.3) is 11.3 Å². The van der Waals surface area contributed by atoms with E-state index in [2.05, 4.69) is 5.32 Å². The molecule has 0 spiro atoms. The number of nitrogens with zero attached hydrogens (tertiary/aromatic N) is 1. The maximum atomic E-state index is 13.6. The standard InChI is InChI=1S/C30H30N2O10Se/c1-16(33)38-15-22-26(39-17(2)34)27(40-18(3)35)24(29(42-22)41-19(4)36)32-30-31-23(20-11-7-5-8-12-20)28(43-30)25(37)21-13-9-6-10-14-21/h5-14,22,24,26-27,29H,15H2,1-4H3,(H,31,32)/t22-,24-,26-,27-,29-/m1/s1. The van der Waals surface area contributed by atoms with Gasteiger partial charge in [0.25, 0.3) is 0 Å². The Labute approximate surface area is 253 Å². The number of carbonyl (C=O) groups is 5. The number of rotatable bonds is 10. The van der Waals surface area contributed by atoms with Crippen molar-refractivity contribution in [3.05, 3.63) is 70.7 Å². The van der Waals surface area contributed by atoms with Gasteiger partial charge in [0.2, 0.25) is 0 Å². The molecule has 0 saturated carbocycles. The molecule has 1 N–H and O–H groups in total. The fourth-order valence-corrected chi connectivity index (χ4v) is 6.60. The second-order valence-corrected chi connectivity index (χ2v) is 11.6. The van der Waals surface area contributed by atoms with E-state index in [0.29, 0.717) is 25.9 Å². The fourth-order valence-electron chi connectivity index (χ4n) is 4.51. The maximum absolute atomic E-state index is 13.6.